The Kier molecular flexibility index (Phi) is 6.08. The number of rotatable bonds is 8. The van der Waals surface area contributed by atoms with Crippen molar-refractivity contribution in [3.8, 4) is 22.2 Å². The number of benzene rings is 1. The molecule has 31 heavy (non-hydrogen) atoms. The van der Waals surface area contributed by atoms with Crippen LogP contribution in [0.2, 0.25) is 0 Å². The minimum absolute atomic E-state index is 0.0455. The largest absolute Gasteiger partial charge is 0.455 e. The van der Waals surface area contributed by atoms with Crippen LogP contribution in [0.4, 0.5) is 0 Å². The molecule has 3 aromatic heterocycles. The molecular formula is C21H20N4O5S. The van der Waals surface area contributed by atoms with Gasteiger partial charge in [0, 0.05) is 5.56 Å². The summed E-state index contributed by atoms with van der Waals surface area (Å²) in [7, 11) is 0. The fourth-order valence-electron chi connectivity index (χ4n) is 2.81. The van der Waals surface area contributed by atoms with E-state index in [1.165, 1.54) is 16.9 Å². The average molecular weight is 440 g/mol. The third-order valence-corrected chi connectivity index (χ3v) is 5.38. The van der Waals surface area contributed by atoms with Crippen LogP contribution in [0.1, 0.15) is 37.6 Å². The number of ether oxygens (including phenoxy) is 1. The molecular weight excluding hydrogens is 420 g/mol. The van der Waals surface area contributed by atoms with Gasteiger partial charge < -0.3 is 13.7 Å². The van der Waals surface area contributed by atoms with Crippen LogP contribution in [0.25, 0.3) is 22.2 Å². The summed E-state index contributed by atoms with van der Waals surface area (Å²) in [4.78, 5) is 28.9. The van der Waals surface area contributed by atoms with Gasteiger partial charge in [-0.05, 0) is 22.9 Å². The van der Waals surface area contributed by atoms with Gasteiger partial charge >= 0.3 is 11.7 Å². The lowest BCUT2D eigenvalue weighted by Crippen LogP contribution is -2.18. The normalized spacial score (nSPS) is 11.2. The second-order valence-corrected chi connectivity index (χ2v) is 8.02. The van der Waals surface area contributed by atoms with Crippen LogP contribution in [0, 0.1) is 0 Å². The van der Waals surface area contributed by atoms with E-state index in [2.05, 4.69) is 29.1 Å². The van der Waals surface area contributed by atoms with Crippen molar-refractivity contribution in [2.45, 2.75) is 39.3 Å². The third kappa shape index (κ3) is 4.97. The maximum Gasteiger partial charge on any atom is 0.437 e. The molecule has 0 aliphatic carbocycles. The number of carbonyl (C=O) groups is 1. The van der Waals surface area contributed by atoms with Crippen LogP contribution in [0.15, 0.2) is 55.5 Å². The van der Waals surface area contributed by atoms with Crippen LogP contribution in [0.5, 0.6) is 0 Å². The molecule has 3 heterocycles. The third-order valence-electron chi connectivity index (χ3n) is 4.53. The first-order valence-electron chi connectivity index (χ1n) is 9.70. The topological polar surface area (TPSA) is 113 Å². The summed E-state index contributed by atoms with van der Waals surface area (Å²) in [6, 6.07) is 11.5. The molecule has 0 saturated carbocycles. The highest BCUT2D eigenvalue weighted by Gasteiger charge is 2.15. The van der Waals surface area contributed by atoms with E-state index in [4.69, 9.17) is 13.7 Å². The molecule has 0 unspecified atom stereocenters. The van der Waals surface area contributed by atoms with Gasteiger partial charge in [0.25, 0.3) is 11.8 Å². The van der Waals surface area contributed by atoms with Gasteiger partial charge in [0.2, 0.25) is 5.82 Å². The van der Waals surface area contributed by atoms with Crippen LogP contribution >= 0.6 is 11.3 Å². The number of thiophene rings is 1. The van der Waals surface area contributed by atoms with Gasteiger partial charge in [0.05, 0.1) is 17.8 Å². The van der Waals surface area contributed by atoms with E-state index in [0.717, 1.165) is 15.1 Å². The Labute approximate surface area is 181 Å². The number of nitrogens with zero attached hydrogens (tertiary/aromatic N) is 4. The molecule has 0 fully saturated rings. The predicted octanol–water partition coefficient (Wildman–Crippen LogP) is 3.87. The van der Waals surface area contributed by atoms with Crippen molar-refractivity contribution in [1.82, 2.24) is 19.9 Å². The van der Waals surface area contributed by atoms with Crippen molar-refractivity contribution in [2.75, 3.05) is 0 Å². The minimum Gasteiger partial charge on any atom is -0.455 e. The molecule has 0 spiro atoms. The zero-order valence-electron chi connectivity index (χ0n) is 17.0. The van der Waals surface area contributed by atoms with E-state index < -0.39 is 11.7 Å². The first-order valence-corrected chi connectivity index (χ1v) is 10.6. The summed E-state index contributed by atoms with van der Waals surface area (Å²) in [6.07, 6.45) is -0.0476. The Morgan fingerprint density at radius 1 is 1.23 bits per heavy atom. The van der Waals surface area contributed by atoms with Crippen molar-refractivity contribution in [1.29, 1.82) is 0 Å². The Hall–Kier alpha value is -3.53. The van der Waals surface area contributed by atoms with E-state index in [-0.39, 0.29) is 31.4 Å². The number of esters is 1. The summed E-state index contributed by atoms with van der Waals surface area (Å²) in [5.41, 5.74) is 2.04. The van der Waals surface area contributed by atoms with Crippen molar-refractivity contribution in [2.24, 2.45) is 0 Å². The summed E-state index contributed by atoms with van der Waals surface area (Å²) in [5.74, 6) is 0.138. The molecule has 0 aliphatic rings. The highest BCUT2D eigenvalue weighted by Crippen LogP contribution is 2.22. The van der Waals surface area contributed by atoms with Gasteiger partial charge in [-0.3, -0.25) is 4.79 Å². The van der Waals surface area contributed by atoms with E-state index in [0.29, 0.717) is 11.7 Å². The number of carbonyl (C=O) groups excluding carboxylic acids is 1. The quantitative estimate of drug-likeness (QED) is 0.379. The second-order valence-electron chi connectivity index (χ2n) is 7.07. The maximum atomic E-state index is 12.0. The Bertz CT molecular complexity index is 1210. The maximum absolute atomic E-state index is 12.0. The molecule has 0 aliphatic heterocycles. The Balaban J connectivity index is 1.29. The molecule has 10 heteroatoms. The molecule has 160 valence electrons. The molecule has 0 atom stereocenters. The number of aromatic nitrogens is 4. The summed E-state index contributed by atoms with van der Waals surface area (Å²) in [6.45, 7) is 4.14. The number of aryl methyl sites for hydroxylation is 1. The summed E-state index contributed by atoms with van der Waals surface area (Å²) < 4.78 is 16.5. The van der Waals surface area contributed by atoms with Gasteiger partial charge in [-0.2, -0.15) is 9.67 Å². The summed E-state index contributed by atoms with van der Waals surface area (Å²) >= 11 is 1.41. The van der Waals surface area contributed by atoms with Crippen molar-refractivity contribution in [3.63, 3.8) is 0 Å². The fraction of sp³-hybridized carbons (Fsp3) is 0.286. The zero-order chi connectivity index (χ0) is 21.8. The molecule has 4 aromatic rings. The molecule has 0 saturated heterocycles. The van der Waals surface area contributed by atoms with Crippen LogP contribution in [-0.4, -0.2) is 25.9 Å². The fourth-order valence-corrected chi connectivity index (χ4v) is 3.45. The van der Waals surface area contributed by atoms with E-state index >= 15 is 0 Å². The van der Waals surface area contributed by atoms with Crippen LogP contribution in [0.3, 0.4) is 0 Å². The van der Waals surface area contributed by atoms with E-state index in [1.807, 2.05) is 35.7 Å². The van der Waals surface area contributed by atoms with Gasteiger partial charge in [0.1, 0.15) is 0 Å². The average Bonchev–Trinajstić information content (AvgIpc) is 3.52. The van der Waals surface area contributed by atoms with Crippen molar-refractivity contribution < 1.29 is 18.5 Å². The molecule has 0 amide bonds. The Morgan fingerprint density at radius 3 is 2.74 bits per heavy atom. The van der Waals surface area contributed by atoms with Crippen LogP contribution in [-0.2, 0) is 22.7 Å². The van der Waals surface area contributed by atoms with Gasteiger partial charge in [-0.1, -0.05) is 49.3 Å². The first-order chi connectivity index (χ1) is 15.0. The van der Waals surface area contributed by atoms with Gasteiger partial charge in [0.15, 0.2) is 6.61 Å². The molecule has 0 N–H and O–H groups in total. The second kappa shape index (κ2) is 9.09. The molecule has 0 radical (unpaired) electrons. The molecule has 0 bridgehead atoms. The monoisotopic (exact) mass is 440 g/mol. The minimum atomic E-state index is -0.624. The smallest absolute Gasteiger partial charge is 0.437 e. The van der Waals surface area contributed by atoms with Gasteiger partial charge in [-0.15, -0.1) is 16.4 Å². The molecule has 9 nitrogen and oxygen atoms in total. The lowest BCUT2D eigenvalue weighted by Gasteiger charge is -2.04. The lowest BCUT2D eigenvalue weighted by atomic mass is 10.0. The van der Waals surface area contributed by atoms with Gasteiger partial charge in [-0.25, -0.2) is 4.79 Å². The van der Waals surface area contributed by atoms with Crippen molar-refractivity contribution in [3.05, 3.63) is 63.8 Å². The van der Waals surface area contributed by atoms with Crippen LogP contribution < -0.4 is 5.76 Å². The molecule has 1 aromatic carbocycles. The standard InChI is InChI=1S/C21H20N4O5S/c1-13(2)14-5-7-15(8-6-14)19-22-17(30-24-19)12-28-18(26)9-10-25-21(27)29-20(23-25)16-4-3-11-31-16/h3-8,11,13H,9-10,12H2,1-2H3. The number of hydrogen-bond donors (Lipinski definition) is 0. The van der Waals surface area contributed by atoms with E-state index in [1.54, 1.807) is 6.07 Å². The Morgan fingerprint density at radius 2 is 2.03 bits per heavy atom. The first kappa shape index (κ1) is 20.7. The zero-order valence-corrected chi connectivity index (χ0v) is 17.8. The van der Waals surface area contributed by atoms with E-state index in [9.17, 15) is 9.59 Å². The predicted molar refractivity (Wildman–Crippen MR) is 112 cm³/mol. The SMILES string of the molecule is CC(C)c1ccc(-c2noc(COC(=O)CCn3nc(-c4cccs4)oc3=O)n2)cc1. The highest BCUT2D eigenvalue weighted by atomic mass is 32.1. The number of hydrogen-bond acceptors (Lipinski definition) is 9. The lowest BCUT2D eigenvalue weighted by molar-refractivity contribution is -0.146. The van der Waals surface area contributed by atoms with Crippen molar-refractivity contribution >= 4 is 17.3 Å². The summed E-state index contributed by atoms with van der Waals surface area (Å²) in [5, 5.41) is 9.88. The molecule has 4 rings (SSSR count). The highest BCUT2D eigenvalue weighted by molar-refractivity contribution is 7.13.